The molecule has 21 heavy (non-hydrogen) atoms. The summed E-state index contributed by atoms with van der Waals surface area (Å²) in [7, 11) is 3.77. The molecule has 1 aromatic heterocycles. The fraction of sp³-hybridized carbons (Fsp3) is 0.471. The molecule has 1 heterocycles. The van der Waals surface area contributed by atoms with E-state index in [9.17, 15) is 0 Å². The van der Waals surface area contributed by atoms with E-state index in [1.807, 2.05) is 19.4 Å². The van der Waals surface area contributed by atoms with Gasteiger partial charge in [0, 0.05) is 37.5 Å². The molecule has 0 bridgehead atoms. The topological polar surface area (TPSA) is 39.1 Å². The van der Waals surface area contributed by atoms with Crippen molar-refractivity contribution in [1.29, 1.82) is 0 Å². The number of ether oxygens (including phenoxy) is 1. The molecular formula is C17H25N3O. The van der Waals surface area contributed by atoms with Gasteiger partial charge in [0.1, 0.15) is 11.6 Å². The average molecular weight is 287 g/mol. The number of methoxy groups -OCH3 is 1. The van der Waals surface area contributed by atoms with Crippen LogP contribution in [0.25, 0.3) is 0 Å². The molecule has 2 aromatic rings. The number of imidazole rings is 1. The smallest absolute Gasteiger partial charge is 0.123 e. The van der Waals surface area contributed by atoms with Crippen LogP contribution in [0.3, 0.4) is 0 Å². The zero-order chi connectivity index (χ0) is 15.2. The Labute approximate surface area is 127 Å². The van der Waals surface area contributed by atoms with Gasteiger partial charge in [-0.05, 0) is 31.5 Å². The van der Waals surface area contributed by atoms with Crippen LogP contribution in [-0.4, -0.2) is 23.2 Å². The Morgan fingerprint density at radius 3 is 2.81 bits per heavy atom. The van der Waals surface area contributed by atoms with Crippen molar-refractivity contribution in [2.24, 2.45) is 7.05 Å². The first-order chi connectivity index (χ1) is 10.2. The first-order valence-corrected chi connectivity index (χ1v) is 7.49. The summed E-state index contributed by atoms with van der Waals surface area (Å²) in [5, 5.41) is 3.61. The minimum Gasteiger partial charge on any atom is -0.496 e. The van der Waals surface area contributed by atoms with Gasteiger partial charge in [-0.25, -0.2) is 4.98 Å². The SMILES string of the molecule is CCCNC(Cc1nccn1C)c1ccc(C)cc1OC. The number of aryl methyl sites for hydroxylation is 2. The third kappa shape index (κ3) is 3.85. The minimum absolute atomic E-state index is 0.210. The molecule has 0 spiro atoms. The highest BCUT2D eigenvalue weighted by atomic mass is 16.5. The van der Waals surface area contributed by atoms with Gasteiger partial charge in [-0.3, -0.25) is 0 Å². The first kappa shape index (κ1) is 15.6. The van der Waals surface area contributed by atoms with Gasteiger partial charge in [0.15, 0.2) is 0 Å². The van der Waals surface area contributed by atoms with Gasteiger partial charge < -0.3 is 14.6 Å². The fourth-order valence-corrected chi connectivity index (χ4v) is 2.49. The number of nitrogens with one attached hydrogen (secondary N) is 1. The van der Waals surface area contributed by atoms with Crippen LogP contribution >= 0.6 is 0 Å². The Morgan fingerprint density at radius 2 is 2.19 bits per heavy atom. The second kappa shape index (κ2) is 7.27. The van der Waals surface area contributed by atoms with E-state index >= 15 is 0 Å². The summed E-state index contributed by atoms with van der Waals surface area (Å²) in [6.07, 6.45) is 5.78. The molecule has 4 nitrogen and oxygen atoms in total. The number of nitrogens with zero attached hydrogens (tertiary/aromatic N) is 2. The third-order valence-corrected chi connectivity index (χ3v) is 3.71. The van der Waals surface area contributed by atoms with E-state index in [1.54, 1.807) is 7.11 Å². The minimum atomic E-state index is 0.210. The van der Waals surface area contributed by atoms with Crippen LogP contribution in [0.2, 0.25) is 0 Å². The summed E-state index contributed by atoms with van der Waals surface area (Å²) in [6, 6.07) is 6.59. The van der Waals surface area contributed by atoms with Crippen LogP contribution in [0.1, 0.15) is 36.3 Å². The Kier molecular flexibility index (Phi) is 5.39. The lowest BCUT2D eigenvalue weighted by molar-refractivity contribution is 0.396. The lowest BCUT2D eigenvalue weighted by Crippen LogP contribution is -2.25. The van der Waals surface area contributed by atoms with Crippen molar-refractivity contribution in [3.05, 3.63) is 47.5 Å². The molecule has 0 saturated heterocycles. The van der Waals surface area contributed by atoms with Gasteiger partial charge in [-0.15, -0.1) is 0 Å². The summed E-state index contributed by atoms with van der Waals surface area (Å²) >= 11 is 0. The van der Waals surface area contributed by atoms with Gasteiger partial charge in [0.05, 0.1) is 7.11 Å². The zero-order valence-electron chi connectivity index (χ0n) is 13.4. The fourth-order valence-electron chi connectivity index (χ4n) is 2.49. The molecule has 1 N–H and O–H groups in total. The highest BCUT2D eigenvalue weighted by Crippen LogP contribution is 2.28. The first-order valence-electron chi connectivity index (χ1n) is 7.49. The number of aromatic nitrogens is 2. The number of benzene rings is 1. The Hall–Kier alpha value is -1.81. The molecule has 0 aliphatic rings. The molecule has 0 amide bonds. The third-order valence-electron chi connectivity index (χ3n) is 3.71. The molecule has 1 aromatic carbocycles. The lowest BCUT2D eigenvalue weighted by Gasteiger charge is -2.21. The summed E-state index contributed by atoms with van der Waals surface area (Å²) in [6.45, 7) is 5.24. The van der Waals surface area contributed by atoms with E-state index in [0.29, 0.717) is 0 Å². The zero-order valence-corrected chi connectivity index (χ0v) is 13.4. The molecule has 1 unspecified atom stereocenters. The molecule has 0 radical (unpaired) electrons. The monoisotopic (exact) mass is 287 g/mol. The van der Waals surface area contributed by atoms with Crippen LogP contribution in [0.5, 0.6) is 5.75 Å². The van der Waals surface area contributed by atoms with Crippen molar-refractivity contribution in [3.63, 3.8) is 0 Å². The molecule has 0 saturated carbocycles. The van der Waals surface area contributed by atoms with E-state index in [-0.39, 0.29) is 6.04 Å². The summed E-state index contributed by atoms with van der Waals surface area (Å²) in [5.74, 6) is 2.02. The highest BCUT2D eigenvalue weighted by Gasteiger charge is 2.18. The predicted molar refractivity (Wildman–Crippen MR) is 85.7 cm³/mol. The molecular weight excluding hydrogens is 262 g/mol. The van der Waals surface area contributed by atoms with Crippen molar-refractivity contribution < 1.29 is 4.74 Å². The Morgan fingerprint density at radius 1 is 1.38 bits per heavy atom. The number of hydrogen-bond donors (Lipinski definition) is 1. The van der Waals surface area contributed by atoms with Crippen molar-refractivity contribution in [1.82, 2.24) is 14.9 Å². The van der Waals surface area contributed by atoms with Crippen LogP contribution in [0.4, 0.5) is 0 Å². The number of hydrogen-bond acceptors (Lipinski definition) is 3. The normalized spacial score (nSPS) is 12.4. The van der Waals surface area contributed by atoms with Crippen LogP contribution < -0.4 is 10.1 Å². The van der Waals surface area contributed by atoms with E-state index in [0.717, 1.165) is 31.0 Å². The molecule has 2 rings (SSSR count). The predicted octanol–water partition coefficient (Wildman–Crippen LogP) is 3.02. The largest absolute Gasteiger partial charge is 0.496 e. The second-order valence-electron chi connectivity index (χ2n) is 5.41. The van der Waals surface area contributed by atoms with Crippen LogP contribution in [0, 0.1) is 6.92 Å². The maximum Gasteiger partial charge on any atom is 0.123 e. The van der Waals surface area contributed by atoms with Gasteiger partial charge in [-0.2, -0.15) is 0 Å². The van der Waals surface area contributed by atoms with E-state index in [1.165, 1.54) is 11.1 Å². The highest BCUT2D eigenvalue weighted by molar-refractivity contribution is 5.39. The lowest BCUT2D eigenvalue weighted by atomic mass is 10.00. The van der Waals surface area contributed by atoms with Crippen molar-refractivity contribution in [2.45, 2.75) is 32.7 Å². The van der Waals surface area contributed by atoms with Crippen molar-refractivity contribution in [2.75, 3.05) is 13.7 Å². The van der Waals surface area contributed by atoms with Gasteiger partial charge in [-0.1, -0.05) is 19.1 Å². The quantitative estimate of drug-likeness (QED) is 0.851. The second-order valence-corrected chi connectivity index (χ2v) is 5.41. The van der Waals surface area contributed by atoms with E-state index in [2.05, 4.69) is 46.9 Å². The molecule has 0 aliphatic carbocycles. The molecule has 4 heteroatoms. The maximum atomic E-state index is 5.57. The number of rotatable bonds is 7. The van der Waals surface area contributed by atoms with E-state index < -0.39 is 0 Å². The van der Waals surface area contributed by atoms with Crippen molar-refractivity contribution >= 4 is 0 Å². The van der Waals surface area contributed by atoms with Gasteiger partial charge >= 0.3 is 0 Å². The molecule has 0 fully saturated rings. The summed E-state index contributed by atoms with van der Waals surface area (Å²) in [5.41, 5.74) is 2.40. The van der Waals surface area contributed by atoms with Crippen LogP contribution in [-0.2, 0) is 13.5 Å². The van der Waals surface area contributed by atoms with Crippen molar-refractivity contribution in [3.8, 4) is 5.75 Å². The summed E-state index contributed by atoms with van der Waals surface area (Å²) in [4.78, 5) is 4.44. The standard InChI is InChI=1S/C17H25N3O/c1-5-8-18-15(12-17-19-9-10-20(17)3)14-7-6-13(2)11-16(14)21-4/h6-7,9-11,15,18H,5,8,12H2,1-4H3. The molecule has 1 atom stereocenters. The van der Waals surface area contributed by atoms with E-state index in [4.69, 9.17) is 4.74 Å². The van der Waals surface area contributed by atoms with Gasteiger partial charge in [0.2, 0.25) is 0 Å². The Bertz CT molecular complexity index is 577. The molecule has 114 valence electrons. The average Bonchev–Trinajstić information content (AvgIpc) is 2.88. The Balaban J connectivity index is 2.29. The maximum absolute atomic E-state index is 5.57. The van der Waals surface area contributed by atoms with Crippen LogP contribution in [0.15, 0.2) is 30.6 Å². The van der Waals surface area contributed by atoms with Gasteiger partial charge in [0.25, 0.3) is 0 Å². The summed E-state index contributed by atoms with van der Waals surface area (Å²) < 4.78 is 7.64. The molecule has 0 aliphatic heterocycles.